The fraction of sp³-hybridized carbons (Fsp3) is 0.619. The summed E-state index contributed by atoms with van der Waals surface area (Å²) >= 11 is 1.63. The number of piperidine rings is 1. The number of hydrogen-bond acceptors (Lipinski definition) is 5. The van der Waals surface area contributed by atoms with Crippen molar-refractivity contribution in [2.24, 2.45) is 5.92 Å². The predicted molar refractivity (Wildman–Crippen MR) is 111 cm³/mol. The van der Waals surface area contributed by atoms with Crippen LogP contribution in [0.5, 0.6) is 0 Å². The summed E-state index contributed by atoms with van der Waals surface area (Å²) in [5, 5.41) is 12.2. The molecule has 0 bridgehead atoms. The van der Waals surface area contributed by atoms with E-state index < -0.39 is 0 Å². The van der Waals surface area contributed by atoms with Crippen molar-refractivity contribution in [3.8, 4) is 0 Å². The van der Waals surface area contributed by atoms with Crippen molar-refractivity contribution in [3.63, 3.8) is 0 Å². The van der Waals surface area contributed by atoms with E-state index in [0.29, 0.717) is 23.5 Å². The van der Waals surface area contributed by atoms with Gasteiger partial charge in [-0.3, -0.25) is 4.79 Å². The molecule has 6 nitrogen and oxygen atoms in total. The van der Waals surface area contributed by atoms with Gasteiger partial charge >= 0.3 is 0 Å². The summed E-state index contributed by atoms with van der Waals surface area (Å²) in [6, 6.07) is 11.1. The van der Waals surface area contributed by atoms with Crippen LogP contribution < -0.4 is 0 Å². The highest BCUT2D eigenvalue weighted by Crippen LogP contribution is 2.30. The number of carbonyl (C=O) groups is 1. The zero-order valence-electron chi connectivity index (χ0n) is 16.4. The summed E-state index contributed by atoms with van der Waals surface area (Å²) in [6.45, 7) is 1.77. The molecule has 2 aliphatic rings. The fourth-order valence-corrected chi connectivity index (χ4v) is 5.23. The number of benzene rings is 1. The number of thioether (sulfide) groups is 1. The summed E-state index contributed by atoms with van der Waals surface area (Å²) in [5.74, 6) is 3.07. The third kappa shape index (κ3) is 4.93. The van der Waals surface area contributed by atoms with E-state index in [0.717, 1.165) is 38.2 Å². The van der Waals surface area contributed by atoms with Crippen LogP contribution in [0.3, 0.4) is 0 Å². The minimum Gasteiger partial charge on any atom is -0.342 e. The molecular formula is C21H29N5OS. The van der Waals surface area contributed by atoms with Crippen LogP contribution in [0.4, 0.5) is 0 Å². The number of rotatable bonds is 7. The normalized spacial score (nSPS) is 18.6. The summed E-state index contributed by atoms with van der Waals surface area (Å²) in [5.41, 5.74) is 1.41. The molecule has 2 heterocycles. The molecule has 1 aromatic carbocycles. The molecule has 1 aromatic heterocycles. The molecule has 1 saturated heterocycles. The van der Waals surface area contributed by atoms with Gasteiger partial charge < -0.3 is 4.90 Å². The smallest absolute Gasteiger partial charge is 0.232 e. The SMILES string of the molecule is O=C(CSCc1nnnn1C1CCCC1)N1CCC(Cc2ccccc2)CC1. The maximum Gasteiger partial charge on any atom is 0.232 e. The average Bonchev–Trinajstić information content (AvgIpc) is 3.41. The van der Waals surface area contributed by atoms with Crippen LogP contribution in [0, 0.1) is 5.92 Å². The van der Waals surface area contributed by atoms with Crippen molar-refractivity contribution in [2.45, 2.75) is 56.7 Å². The van der Waals surface area contributed by atoms with Crippen molar-refractivity contribution in [2.75, 3.05) is 18.8 Å². The first-order valence-corrected chi connectivity index (χ1v) is 11.6. The Labute approximate surface area is 171 Å². The molecule has 1 saturated carbocycles. The zero-order valence-corrected chi connectivity index (χ0v) is 17.2. The van der Waals surface area contributed by atoms with Crippen molar-refractivity contribution in [3.05, 3.63) is 41.7 Å². The first-order chi connectivity index (χ1) is 13.8. The van der Waals surface area contributed by atoms with E-state index >= 15 is 0 Å². The number of hydrogen-bond donors (Lipinski definition) is 0. The second-order valence-electron chi connectivity index (χ2n) is 7.98. The van der Waals surface area contributed by atoms with Crippen LogP contribution in [0.15, 0.2) is 30.3 Å². The monoisotopic (exact) mass is 399 g/mol. The minimum absolute atomic E-state index is 0.253. The van der Waals surface area contributed by atoms with Crippen molar-refractivity contribution >= 4 is 17.7 Å². The lowest BCUT2D eigenvalue weighted by molar-refractivity contribution is -0.129. The lowest BCUT2D eigenvalue weighted by Crippen LogP contribution is -2.39. The van der Waals surface area contributed by atoms with Gasteiger partial charge in [0.05, 0.1) is 17.5 Å². The maximum absolute atomic E-state index is 12.6. The Balaban J connectivity index is 1.19. The van der Waals surface area contributed by atoms with E-state index in [4.69, 9.17) is 0 Å². The van der Waals surface area contributed by atoms with E-state index in [1.807, 2.05) is 9.58 Å². The van der Waals surface area contributed by atoms with Crippen molar-refractivity contribution < 1.29 is 4.79 Å². The largest absolute Gasteiger partial charge is 0.342 e. The van der Waals surface area contributed by atoms with Gasteiger partial charge in [0, 0.05) is 13.1 Å². The van der Waals surface area contributed by atoms with Crippen LogP contribution in [0.25, 0.3) is 0 Å². The van der Waals surface area contributed by atoms with Gasteiger partial charge in [0.2, 0.25) is 5.91 Å². The number of nitrogens with zero attached hydrogens (tertiary/aromatic N) is 5. The minimum atomic E-state index is 0.253. The maximum atomic E-state index is 12.6. The highest BCUT2D eigenvalue weighted by atomic mass is 32.2. The third-order valence-corrected chi connectivity index (χ3v) is 6.94. The summed E-state index contributed by atoms with van der Waals surface area (Å²) in [6.07, 6.45) is 8.18. The Morgan fingerprint density at radius 3 is 2.57 bits per heavy atom. The molecule has 0 atom stereocenters. The van der Waals surface area contributed by atoms with Gasteiger partial charge in [-0.15, -0.1) is 16.9 Å². The zero-order chi connectivity index (χ0) is 19.2. The molecule has 1 aliphatic heterocycles. The number of aromatic nitrogens is 4. The van der Waals surface area contributed by atoms with Crippen molar-refractivity contribution in [1.29, 1.82) is 0 Å². The van der Waals surface area contributed by atoms with Gasteiger partial charge in [0.25, 0.3) is 0 Å². The third-order valence-electron chi connectivity index (χ3n) is 6.02. The summed E-state index contributed by atoms with van der Waals surface area (Å²) < 4.78 is 1.99. The number of carbonyl (C=O) groups excluding carboxylic acids is 1. The highest BCUT2D eigenvalue weighted by molar-refractivity contribution is 7.99. The van der Waals surface area contributed by atoms with E-state index in [2.05, 4.69) is 45.9 Å². The second kappa shape index (κ2) is 9.54. The molecular weight excluding hydrogens is 370 g/mol. The Hall–Kier alpha value is -1.89. The molecule has 4 rings (SSSR count). The predicted octanol–water partition coefficient (Wildman–Crippen LogP) is 3.50. The quantitative estimate of drug-likeness (QED) is 0.713. The van der Waals surface area contributed by atoms with Crippen LogP contribution in [-0.4, -0.2) is 49.9 Å². The molecule has 150 valence electrons. The number of tetrazole rings is 1. The molecule has 0 spiro atoms. The molecule has 0 unspecified atom stereocenters. The second-order valence-corrected chi connectivity index (χ2v) is 8.97. The Bertz CT molecular complexity index is 751. The molecule has 2 aromatic rings. The van der Waals surface area contributed by atoms with Gasteiger partial charge in [-0.1, -0.05) is 43.2 Å². The Morgan fingerprint density at radius 2 is 1.82 bits per heavy atom. The van der Waals surface area contributed by atoms with Crippen molar-refractivity contribution in [1.82, 2.24) is 25.1 Å². The lowest BCUT2D eigenvalue weighted by Gasteiger charge is -2.32. The van der Waals surface area contributed by atoms with E-state index in [1.165, 1.54) is 31.2 Å². The molecule has 0 N–H and O–H groups in total. The molecule has 7 heteroatoms. The number of likely N-dealkylation sites (tertiary alicyclic amines) is 1. The first kappa shape index (κ1) is 19.4. The van der Waals surface area contributed by atoms with Crippen LogP contribution in [0.2, 0.25) is 0 Å². The standard InChI is InChI=1S/C21H29N5OS/c27-21(16-28-15-20-22-23-24-26(20)19-8-4-5-9-19)25-12-10-18(11-13-25)14-17-6-2-1-3-7-17/h1-3,6-7,18-19H,4-5,8-16H2. The summed E-state index contributed by atoms with van der Waals surface area (Å²) in [7, 11) is 0. The van der Waals surface area contributed by atoms with E-state index in [1.54, 1.807) is 11.8 Å². The average molecular weight is 400 g/mol. The first-order valence-electron chi connectivity index (χ1n) is 10.5. The van der Waals surface area contributed by atoms with Gasteiger partial charge in [-0.05, 0) is 54.0 Å². The van der Waals surface area contributed by atoms with Crippen LogP contribution in [0.1, 0.15) is 56.0 Å². The highest BCUT2D eigenvalue weighted by Gasteiger charge is 2.24. The summed E-state index contributed by atoms with van der Waals surface area (Å²) in [4.78, 5) is 14.6. The molecule has 0 radical (unpaired) electrons. The molecule has 2 fully saturated rings. The Morgan fingerprint density at radius 1 is 1.07 bits per heavy atom. The molecule has 28 heavy (non-hydrogen) atoms. The van der Waals surface area contributed by atoms with Gasteiger partial charge in [0.15, 0.2) is 5.82 Å². The topological polar surface area (TPSA) is 63.9 Å². The van der Waals surface area contributed by atoms with Crippen LogP contribution >= 0.6 is 11.8 Å². The van der Waals surface area contributed by atoms with Gasteiger partial charge in [-0.2, -0.15) is 0 Å². The van der Waals surface area contributed by atoms with Crippen LogP contribution in [-0.2, 0) is 17.0 Å². The number of amides is 1. The lowest BCUT2D eigenvalue weighted by atomic mass is 9.90. The van der Waals surface area contributed by atoms with E-state index in [9.17, 15) is 4.79 Å². The van der Waals surface area contributed by atoms with Gasteiger partial charge in [-0.25, -0.2) is 4.68 Å². The van der Waals surface area contributed by atoms with E-state index in [-0.39, 0.29) is 5.91 Å². The van der Waals surface area contributed by atoms with Gasteiger partial charge in [0.1, 0.15) is 0 Å². The fourth-order valence-electron chi connectivity index (χ4n) is 4.39. The molecule has 1 amide bonds. The molecule has 1 aliphatic carbocycles. The Kier molecular flexibility index (Phi) is 6.62.